The molecular formula is C14H14N2O2S. The molecule has 0 unspecified atom stereocenters. The van der Waals surface area contributed by atoms with Gasteiger partial charge in [0.2, 0.25) is 0 Å². The molecule has 0 saturated carbocycles. The van der Waals surface area contributed by atoms with Crippen LogP contribution in [0, 0.1) is 18.3 Å². The predicted octanol–water partition coefficient (Wildman–Crippen LogP) is 3.42. The first kappa shape index (κ1) is 13.5. The molecule has 0 N–H and O–H groups in total. The predicted molar refractivity (Wildman–Crippen MR) is 73.2 cm³/mol. The number of nitrogens with zero attached hydrogens (tertiary/aromatic N) is 2. The molecule has 0 radical (unpaired) electrons. The van der Waals surface area contributed by atoms with Gasteiger partial charge in [0.25, 0.3) is 5.22 Å². The van der Waals surface area contributed by atoms with Crippen molar-refractivity contribution >= 4 is 11.8 Å². The van der Waals surface area contributed by atoms with Gasteiger partial charge in [0.1, 0.15) is 12.0 Å². The van der Waals surface area contributed by atoms with Crippen LogP contribution in [0.25, 0.3) is 0 Å². The normalized spacial score (nSPS) is 10.1. The lowest BCUT2D eigenvalue weighted by Crippen LogP contribution is -1.98. The summed E-state index contributed by atoms with van der Waals surface area (Å²) in [5, 5.41) is 9.47. The molecule has 1 aromatic heterocycles. The maximum Gasteiger partial charge on any atom is 0.255 e. The average molecular weight is 274 g/mol. The average Bonchev–Trinajstić information content (AvgIpc) is 2.84. The van der Waals surface area contributed by atoms with E-state index in [-0.39, 0.29) is 0 Å². The fourth-order valence-electron chi connectivity index (χ4n) is 1.46. The number of ether oxygens (including phenoxy) is 1. The molecule has 98 valence electrons. The number of benzene rings is 1. The van der Waals surface area contributed by atoms with E-state index in [4.69, 9.17) is 14.4 Å². The minimum Gasteiger partial charge on any atom is -0.494 e. The Morgan fingerprint density at radius 1 is 1.47 bits per heavy atom. The SMILES string of the molecule is Cc1coc(SCCCOc2cccc(C#N)c2)n1. The fourth-order valence-corrected chi connectivity index (χ4v) is 2.22. The van der Waals surface area contributed by atoms with Gasteiger partial charge in [0, 0.05) is 5.75 Å². The zero-order valence-electron chi connectivity index (χ0n) is 10.6. The van der Waals surface area contributed by atoms with Gasteiger partial charge in [-0.1, -0.05) is 17.8 Å². The molecule has 0 aliphatic rings. The Hall–Kier alpha value is -1.93. The lowest BCUT2D eigenvalue weighted by atomic mass is 10.2. The van der Waals surface area contributed by atoms with Gasteiger partial charge >= 0.3 is 0 Å². The highest BCUT2D eigenvalue weighted by molar-refractivity contribution is 7.99. The van der Waals surface area contributed by atoms with Gasteiger partial charge < -0.3 is 9.15 Å². The molecule has 0 spiro atoms. The largest absolute Gasteiger partial charge is 0.494 e. The highest BCUT2D eigenvalue weighted by Crippen LogP contribution is 2.18. The molecule has 0 atom stereocenters. The molecule has 4 nitrogen and oxygen atoms in total. The highest BCUT2D eigenvalue weighted by atomic mass is 32.2. The summed E-state index contributed by atoms with van der Waals surface area (Å²) in [4.78, 5) is 4.21. The first-order chi connectivity index (χ1) is 9.28. The summed E-state index contributed by atoms with van der Waals surface area (Å²) in [6.45, 7) is 2.51. The summed E-state index contributed by atoms with van der Waals surface area (Å²) in [6, 6.07) is 9.26. The van der Waals surface area contributed by atoms with Crippen molar-refractivity contribution in [2.75, 3.05) is 12.4 Å². The maximum absolute atomic E-state index is 8.77. The Labute approximate surface area is 116 Å². The summed E-state index contributed by atoms with van der Waals surface area (Å²) in [5.41, 5.74) is 1.51. The number of oxazole rings is 1. The standard InChI is InChI=1S/C14H14N2O2S/c1-11-10-18-14(16-11)19-7-3-6-17-13-5-2-4-12(8-13)9-15/h2,4-5,8,10H,3,6-7H2,1H3. The molecule has 2 rings (SSSR count). The number of thioether (sulfide) groups is 1. The van der Waals surface area contributed by atoms with Crippen LogP contribution in [0.5, 0.6) is 5.75 Å². The fraction of sp³-hybridized carbons (Fsp3) is 0.286. The van der Waals surface area contributed by atoms with Crippen LogP contribution in [-0.2, 0) is 0 Å². The molecule has 0 amide bonds. The van der Waals surface area contributed by atoms with Crippen LogP contribution in [0.4, 0.5) is 0 Å². The van der Waals surface area contributed by atoms with Crippen molar-refractivity contribution in [3.8, 4) is 11.8 Å². The van der Waals surface area contributed by atoms with E-state index in [1.807, 2.05) is 19.1 Å². The van der Waals surface area contributed by atoms with E-state index < -0.39 is 0 Å². The highest BCUT2D eigenvalue weighted by Gasteiger charge is 2.01. The van der Waals surface area contributed by atoms with E-state index in [1.54, 1.807) is 30.2 Å². The zero-order valence-corrected chi connectivity index (χ0v) is 11.4. The zero-order chi connectivity index (χ0) is 13.5. The van der Waals surface area contributed by atoms with Crippen molar-refractivity contribution in [3.63, 3.8) is 0 Å². The first-order valence-electron chi connectivity index (χ1n) is 5.96. The van der Waals surface area contributed by atoms with Gasteiger partial charge in [0.05, 0.1) is 23.9 Å². The molecule has 2 aromatic rings. The number of hydrogen-bond donors (Lipinski definition) is 0. The van der Waals surface area contributed by atoms with Crippen LogP contribution in [0.15, 0.2) is 40.2 Å². The van der Waals surface area contributed by atoms with Crippen LogP contribution in [0.1, 0.15) is 17.7 Å². The Balaban J connectivity index is 1.68. The van der Waals surface area contributed by atoms with Gasteiger partial charge in [-0.25, -0.2) is 4.98 Å². The maximum atomic E-state index is 8.77. The molecule has 1 aromatic carbocycles. The third kappa shape index (κ3) is 4.34. The third-order valence-electron chi connectivity index (χ3n) is 2.34. The summed E-state index contributed by atoms with van der Waals surface area (Å²) >= 11 is 1.57. The van der Waals surface area contributed by atoms with Crippen LogP contribution in [0.3, 0.4) is 0 Å². The van der Waals surface area contributed by atoms with Crippen molar-refractivity contribution in [1.29, 1.82) is 5.26 Å². The molecule has 0 saturated heterocycles. The van der Waals surface area contributed by atoms with E-state index >= 15 is 0 Å². The minimum atomic E-state index is 0.613. The van der Waals surface area contributed by atoms with Gasteiger partial charge in [-0.15, -0.1) is 0 Å². The Morgan fingerprint density at radius 3 is 3.11 bits per heavy atom. The first-order valence-corrected chi connectivity index (χ1v) is 6.94. The molecule has 1 heterocycles. The van der Waals surface area contributed by atoms with E-state index in [9.17, 15) is 0 Å². The number of aromatic nitrogens is 1. The topological polar surface area (TPSA) is 59.0 Å². The van der Waals surface area contributed by atoms with Crippen LogP contribution < -0.4 is 4.74 Å². The molecule has 0 aliphatic carbocycles. The molecule has 0 fully saturated rings. The second-order valence-corrected chi connectivity index (χ2v) is 4.99. The Bertz CT molecular complexity index is 575. The van der Waals surface area contributed by atoms with Gasteiger partial charge in [-0.3, -0.25) is 0 Å². The van der Waals surface area contributed by atoms with E-state index in [2.05, 4.69) is 11.1 Å². The lowest BCUT2D eigenvalue weighted by molar-refractivity contribution is 0.318. The van der Waals surface area contributed by atoms with Crippen molar-refractivity contribution < 1.29 is 9.15 Å². The van der Waals surface area contributed by atoms with Crippen LogP contribution in [0.2, 0.25) is 0 Å². The third-order valence-corrected chi connectivity index (χ3v) is 3.27. The van der Waals surface area contributed by atoms with E-state index in [0.29, 0.717) is 17.4 Å². The second-order valence-electron chi connectivity index (χ2n) is 3.94. The second kappa shape index (κ2) is 6.86. The van der Waals surface area contributed by atoms with Crippen molar-refractivity contribution in [3.05, 3.63) is 41.8 Å². The Kier molecular flexibility index (Phi) is 4.87. The number of aryl methyl sites for hydroxylation is 1. The number of nitriles is 1. The lowest BCUT2D eigenvalue weighted by Gasteiger charge is -2.05. The van der Waals surface area contributed by atoms with Crippen molar-refractivity contribution in [1.82, 2.24) is 4.98 Å². The molecule has 0 bridgehead atoms. The van der Waals surface area contributed by atoms with Crippen LogP contribution >= 0.6 is 11.8 Å². The molecule has 19 heavy (non-hydrogen) atoms. The van der Waals surface area contributed by atoms with E-state index in [0.717, 1.165) is 23.6 Å². The van der Waals surface area contributed by atoms with E-state index in [1.165, 1.54) is 0 Å². The summed E-state index contributed by atoms with van der Waals surface area (Å²) in [5.74, 6) is 1.62. The number of rotatable bonds is 6. The molecule has 5 heteroatoms. The van der Waals surface area contributed by atoms with Crippen LogP contribution in [-0.4, -0.2) is 17.3 Å². The minimum absolute atomic E-state index is 0.613. The Morgan fingerprint density at radius 2 is 2.37 bits per heavy atom. The van der Waals surface area contributed by atoms with Crippen molar-refractivity contribution in [2.45, 2.75) is 18.6 Å². The van der Waals surface area contributed by atoms with Gasteiger partial charge in [-0.2, -0.15) is 5.26 Å². The summed E-state index contributed by atoms with van der Waals surface area (Å²) in [7, 11) is 0. The van der Waals surface area contributed by atoms with Crippen molar-refractivity contribution in [2.24, 2.45) is 0 Å². The smallest absolute Gasteiger partial charge is 0.255 e. The molecular weight excluding hydrogens is 260 g/mol. The van der Waals surface area contributed by atoms with Gasteiger partial charge in [0.15, 0.2) is 0 Å². The quantitative estimate of drug-likeness (QED) is 0.596. The number of hydrogen-bond acceptors (Lipinski definition) is 5. The monoisotopic (exact) mass is 274 g/mol. The van der Waals surface area contributed by atoms with Gasteiger partial charge in [-0.05, 0) is 31.5 Å². The summed E-state index contributed by atoms with van der Waals surface area (Å²) < 4.78 is 10.8. The molecule has 0 aliphatic heterocycles. The summed E-state index contributed by atoms with van der Waals surface area (Å²) in [6.07, 6.45) is 2.54.